The molecule has 0 saturated carbocycles. The highest BCUT2D eigenvalue weighted by atomic mass is 32.2. The molecule has 0 aliphatic carbocycles. The molecular formula is C11H17NO2S. The summed E-state index contributed by atoms with van der Waals surface area (Å²) in [5.41, 5.74) is 1.14. The van der Waals surface area contributed by atoms with Crippen LogP contribution in [0.3, 0.4) is 0 Å². The van der Waals surface area contributed by atoms with Gasteiger partial charge < -0.3 is 15.2 Å². The van der Waals surface area contributed by atoms with Crippen LogP contribution in [-0.2, 0) is 4.74 Å². The molecule has 0 amide bonds. The topological polar surface area (TPSA) is 41.5 Å². The summed E-state index contributed by atoms with van der Waals surface area (Å²) < 4.78 is 5.16. The van der Waals surface area contributed by atoms with Crippen LogP contribution in [0.25, 0.3) is 0 Å². The summed E-state index contributed by atoms with van der Waals surface area (Å²) in [4.78, 5) is 1.24. The molecule has 0 aliphatic rings. The van der Waals surface area contributed by atoms with E-state index in [0.29, 0.717) is 13.2 Å². The van der Waals surface area contributed by atoms with Crippen molar-refractivity contribution >= 4 is 17.4 Å². The maximum atomic E-state index is 8.52. The van der Waals surface area contributed by atoms with Crippen molar-refractivity contribution in [1.29, 1.82) is 0 Å². The van der Waals surface area contributed by atoms with Gasteiger partial charge in [-0.1, -0.05) is 12.1 Å². The molecule has 0 fully saturated rings. The lowest BCUT2D eigenvalue weighted by molar-refractivity contribution is 0.0992. The number of ether oxygens (including phenoxy) is 1. The molecule has 0 atom stereocenters. The highest BCUT2D eigenvalue weighted by Crippen LogP contribution is 2.24. The molecule has 0 bridgehead atoms. The number of hydrogen-bond donors (Lipinski definition) is 2. The molecular weight excluding hydrogens is 210 g/mol. The van der Waals surface area contributed by atoms with Crippen molar-refractivity contribution in [2.24, 2.45) is 0 Å². The highest BCUT2D eigenvalue weighted by Gasteiger charge is 1.98. The molecule has 1 rings (SSSR count). The third-order valence-corrected chi connectivity index (χ3v) is 2.70. The van der Waals surface area contributed by atoms with Crippen molar-refractivity contribution in [3.63, 3.8) is 0 Å². The lowest BCUT2D eigenvalue weighted by Gasteiger charge is -2.10. The number of rotatable bonds is 7. The molecule has 15 heavy (non-hydrogen) atoms. The maximum absolute atomic E-state index is 8.52. The smallest absolute Gasteiger partial charge is 0.0698 e. The molecule has 1 aromatic carbocycles. The van der Waals surface area contributed by atoms with Crippen LogP contribution in [0, 0.1) is 0 Å². The van der Waals surface area contributed by atoms with E-state index in [2.05, 4.69) is 23.7 Å². The molecule has 0 aromatic heterocycles. The van der Waals surface area contributed by atoms with Gasteiger partial charge in [0.05, 0.1) is 19.8 Å². The fourth-order valence-corrected chi connectivity index (χ4v) is 1.79. The summed E-state index contributed by atoms with van der Waals surface area (Å²) in [6.07, 6.45) is 2.06. The first-order chi connectivity index (χ1) is 7.38. The lowest BCUT2D eigenvalue weighted by Crippen LogP contribution is -2.11. The van der Waals surface area contributed by atoms with E-state index < -0.39 is 0 Å². The van der Waals surface area contributed by atoms with Crippen molar-refractivity contribution < 1.29 is 9.84 Å². The van der Waals surface area contributed by atoms with Crippen LogP contribution in [0.15, 0.2) is 29.2 Å². The minimum absolute atomic E-state index is 0.0847. The molecule has 2 N–H and O–H groups in total. The third kappa shape index (κ3) is 4.55. The Balaban J connectivity index is 2.30. The quantitative estimate of drug-likeness (QED) is 0.551. The highest BCUT2D eigenvalue weighted by molar-refractivity contribution is 7.98. The zero-order valence-electron chi connectivity index (χ0n) is 8.90. The molecule has 1 aromatic rings. The first kappa shape index (κ1) is 12.4. The molecule has 0 saturated heterocycles. The number of aliphatic hydroxyl groups is 1. The molecule has 84 valence electrons. The third-order valence-electron chi connectivity index (χ3n) is 1.90. The first-order valence-electron chi connectivity index (χ1n) is 4.94. The van der Waals surface area contributed by atoms with Gasteiger partial charge in [0.1, 0.15) is 0 Å². The fraction of sp³-hybridized carbons (Fsp3) is 0.455. The Bertz CT molecular complexity index is 281. The van der Waals surface area contributed by atoms with Crippen LogP contribution >= 0.6 is 11.8 Å². The van der Waals surface area contributed by atoms with Crippen LogP contribution in [0.4, 0.5) is 5.69 Å². The number of thioether (sulfide) groups is 1. The Hall–Kier alpha value is -0.710. The van der Waals surface area contributed by atoms with E-state index in [9.17, 15) is 0 Å². The predicted octanol–water partition coefficient (Wildman–Crippen LogP) is 1.83. The van der Waals surface area contributed by atoms with E-state index in [0.717, 1.165) is 12.2 Å². The summed E-state index contributed by atoms with van der Waals surface area (Å²) in [5.74, 6) is 0. The number of hydrogen-bond acceptors (Lipinski definition) is 4. The number of nitrogens with one attached hydrogen (secondary N) is 1. The van der Waals surface area contributed by atoms with Crippen LogP contribution < -0.4 is 5.32 Å². The second kappa shape index (κ2) is 7.56. The number of para-hydroxylation sites is 1. The van der Waals surface area contributed by atoms with Crippen molar-refractivity contribution in [3.05, 3.63) is 24.3 Å². The summed E-state index contributed by atoms with van der Waals surface area (Å²) in [6, 6.07) is 8.18. The Labute approximate surface area is 94.8 Å². The van der Waals surface area contributed by atoms with E-state index >= 15 is 0 Å². The Morgan fingerprint density at radius 2 is 2.13 bits per heavy atom. The summed E-state index contributed by atoms with van der Waals surface area (Å²) in [7, 11) is 0. The van der Waals surface area contributed by atoms with E-state index in [1.807, 2.05) is 12.1 Å². The van der Waals surface area contributed by atoms with Crippen molar-refractivity contribution in [3.8, 4) is 0 Å². The molecule has 0 aliphatic heterocycles. The summed E-state index contributed by atoms with van der Waals surface area (Å²) >= 11 is 1.72. The van der Waals surface area contributed by atoms with Crippen LogP contribution in [0.1, 0.15) is 0 Å². The summed E-state index contributed by atoms with van der Waals surface area (Å²) in [5, 5.41) is 11.8. The normalized spacial score (nSPS) is 10.3. The summed E-state index contributed by atoms with van der Waals surface area (Å²) in [6.45, 7) is 1.87. The second-order valence-electron chi connectivity index (χ2n) is 2.96. The van der Waals surface area contributed by atoms with Crippen molar-refractivity contribution in [1.82, 2.24) is 0 Å². The fourth-order valence-electron chi connectivity index (χ4n) is 1.22. The lowest BCUT2D eigenvalue weighted by atomic mass is 10.3. The minimum Gasteiger partial charge on any atom is -0.394 e. The number of aliphatic hydroxyl groups excluding tert-OH is 1. The van der Waals surface area contributed by atoms with Crippen LogP contribution in [0.5, 0.6) is 0 Å². The molecule has 0 heterocycles. The standard InChI is InChI=1S/C11H17NO2S/c1-15-11-5-3-2-4-10(11)12-6-8-14-9-7-13/h2-5,12-13H,6-9H2,1H3. The van der Waals surface area contributed by atoms with Gasteiger partial charge in [0.15, 0.2) is 0 Å². The number of benzene rings is 1. The van der Waals surface area contributed by atoms with Gasteiger partial charge in [-0.05, 0) is 18.4 Å². The Morgan fingerprint density at radius 3 is 2.87 bits per heavy atom. The molecule has 0 radical (unpaired) electrons. The predicted molar refractivity (Wildman–Crippen MR) is 64.6 cm³/mol. The number of anilines is 1. The zero-order valence-corrected chi connectivity index (χ0v) is 9.72. The van der Waals surface area contributed by atoms with Crippen LogP contribution in [0.2, 0.25) is 0 Å². The van der Waals surface area contributed by atoms with E-state index in [1.54, 1.807) is 11.8 Å². The first-order valence-corrected chi connectivity index (χ1v) is 6.16. The van der Waals surface area contributed by atoms with Gasteiger partial charge in [-0.3, -0.25) is 0 Å². The average Bonchev–Trinajstić information content (AvgIpc) is 2.29. The van der Waals surface area contributed by atoms with Gasteiger partial charge in [-0.15, -0.1) is 11.8 Å². The largest absolute Gasteiger partial charge is 0.394 e. The van der Waals surface area contributed by atoms with Gasteiger partial charge >= 0.3 is 0 Å². The van der Waals surface area contributed by atoms with Gasteiger partial charge in [0.25, 0.3) is 0 Å². The van der Waals surface area contributed by atoms with E-state index in [1.165, 1.54) is 4.90 Å². The molecule has 4 heteroatoms. The Kier molecular flexibility index (Phi) is 6.23. The van der Waals surface area contributed by atoms with E-state index in [4.69, 9.17) is 9.84 Å². The van der Waals surface area contributed by atoms with Crippen LogP contribution in [-0.4, -0.2) is 37.7 Å². The minimum atomic E-state index is 0.0847. The van der Waals surface area contributed by atoms with E-state index in [-0.39, 0.29) is 6.61 Å². The molecule has 3 nitrogen and oxygen atoms in total. The van der Waals surface area contributed by atoms with Gasteiger partial charge in [0.2, 0.25) is 0 Å². The van der Waals surface area contributed by atoms with Crippen molar-refractivity contribution in [2.75, 3.05) is 37.9 Å². The molecule has 0 spiro atoms. The monoisotopic (exact) mass is 227 g/mol. The second-order valence-corrected chi connectivity index (χ2v) is 3.81. The van der Waals surface area contributed by atoms with Crippen molar-refractivity contribution in [2.45, 2.75) is 4.90 Å². The van der Waals surface area contributed by atoms with Gasteiger partial charge in [0, 0.05) is 17.1 Å². The van der Waals surface area contributed by atoms with Gasteiger partial charge in [-0.2, -0.15) is 0 Å². The van der Waals surface area contributed by atoms with Gasteiger partial charge in [-0.25, -0.2) is 0 Å². The zero-order chi connectivity index (χ0) is 10.9. The Morgan fingerprint density at radius 1 is 1.33 bits per heavy atom. The maximum Gasteiger partial charge on any atom is 0.0698 e. The SMILES string of the molecule is CSc1ccccc1NCCOCCO. The average molecular weight is 227 g/mol. The molecule has 0 unspecified atom stereocenters.